The standard InChI is InChI=1S/C19H24ClNO4/c1-12-5-2-3-6-15(12)21-11-14-13(19(21)24)8-9-16(18(14)20)25-10-4-7-17(22)23/h8-9,12,15H,2-7,10-11H2,1H3,(H,22,23)/t12-,15-/m1/s1. The number of halogens is 1. The van der Waals surface area contributed by atoms with Gasteiger partial charge < -0.3 is 14.7 Å². The number of benzene rings is 1. The van der Waals surface area contributed by atoms with Gasteiger partial charge in [-0.3, -0.25) is 9.59 Å². The average Bonchev–Trinajstić information content (AvgIpc) is 2.91. The molecular weight excluding hydrogens is 342 g/mol. The summed E-state index contributed by atoms with van der Waals surface area (Å²) in [6.07, 6.45) is 5.11. The quantitative estimate of drug-likeness (QED) is 0.770. The Bertz CT molecular complexity index is 676. The summed E-state index contributed by atoms with van der Waals surface area (Å²) in [5.74, 6) is 0.259. The van der Waals surface area contributed by atoms with E-state index in [4.69, 9.17) is 21.4 Å². The number of amides is 1. The van der Waals surface area contributed by atoms with E-state index in [1.807, 2.05) is 4.90 Å². The van der Waals surface area contributed by atoms with Gasteiger partial charge >= 0.3 is 5.97 Å². The molecule has 0 radical (unpaired) electrons. The van der Waals surface area contributed by atoms with Crippen LogP contribution in [0.5, 0.6) is 5.75 Å². The molecule has 0 unspecified atom stereocenters. The molecule has 0 aromatic heterocycles. The van der Waals surface area contributed by atoms with Crippen LogP contribution in [-0.4, -0.2) is 34.5 Å². The molecule has 1 aliphatic heterocycles. The summed E-state index contributed by atoms with van der Waals surface area (Å²) in [5, 5.41) is 9.15. The summed E-state index contributed by atoms with van der Waals surface area (Å²) >= 11 is 6.48. The van der Waals surface area contributed by atoms with Crippen molar-refractivity contribution in [1.82, 2.24) is 4.90 Å². The Labute approximate surface area is 152 Å². The number of aliphatic carboxylic acids is 1. The van der Waals surface area contributed by atoms with Crippen molar-refractivity contribution in [3.8, 4) is 5.75 Å². The van der Waals surface area contributed by atoms with Crippen LogP contribution in [0, 0.1) is 5.92 Å². The lowest BCUT2D eigenvalue weighted by molar-refractivity contribution is -0.137. The Morgan fingerprint density at radius 1 is 1.36 bits per heavy atom. The number of hydrogen-bond acceptors (Lipinski definition) is 3. The highest BCUT2D eigenvalue weighted by Crippen LogP contribution is 2.39. The second kappa shape index (κ2) is 7.65. The van der Waals surface area contributed by atoms with E-state index in [1.165, 1.54) is 12.8 Å². The van der Waals surface area contributed by atoms with Crippen molar-refractivity contribution in [1.29, 1.82) is 0 Å². The van der Waals surface area contributed by atoms with Crippen LogP contribution in [0.4, 0.5) is 0 Å². The fourth-order valence-corrected chi connectivity index (χ4v) is 4.18. The summed E-state index contributed by atoms with van der Waals surface area (Å²) < 4.78 is 5.62. The molecule has 1 N–H and O–H groups in total. The lowest BCUT2D eigenvalue weighted by atomic mass is 9.85. The molecule has 3 rings (SSSR count). The number of carboxylic acids is 1. The Morgan fingerprint density at radius 2 is 2.12 bits per heavy atom. The molecule has 136 valence electrons. The average molecular weight is 366 g/mol. The Morgan fingerprint density at radius 3 is 2.84 bits per heavy atom. The van der Waals surface area contributed by atoms with Crippen LogP contribution in [0.15, 0.2) is 12.1 Å². The van der Waals surface area contributed by atoms with Gasteiger partial charge in [-0.05, 0) is 37.3 Å². The van der Waals surface area contributed by atoms with E-state index in [2.05, 4.69) is 6.92 Å². The molecule has 1 fully saturated rings. The highest BCUT2D eigenvalue weighted by atomic mass is 35.5. The molecule has 6 heteroatoms. The third kappa shape index (κ3) is 3.76. The second-order valence-corrected chi connectivity index (χ2v) is 7.39. The van der Waals surface area contributed by atoms with E-state index >= 15 is 0 Å². The largest absolute Gasteiger partial charge is 0.492 e. The maximum absolute atomic E-state index is 12.8. The monoisotopic (exact) mass is 365 g/mol. The Balaban J connectivity index is 1.72. The summed E-state index contributed by atoms with van der Waals surface area (Å²) in [5.41, 5.74) is 1.50. The van der Waals surface area contributed by atoms with Crippen LogP contribution < -0.4 is 4.74 Å². The number of ether oxygens (including phenoxy) is 1. The van der Waals surface area contributed by atoms with Crippen LogP contribution in [-0.2, 0) is 11.3 Å². The van der Waals surface area contributed by atoms with Crippen molar-refractivity contribution in [2.75, 3.05) is 6.61 Å². The van der Waals surface area contributed by atoms with Gasteiger partial charge in [0.05, 0.1) is 11.6 Å². The van der Waals surface area contributed by atoms with Gasteiger partial charge in [-0.2, -0.15) is 0 Å². The molecule has 1 saturated carbocycles. The zero-order valence-corrected chi connectivity index (χ0v) is 15.2. The summed E-state index contributed by atoms with van der Waals surface area (Å²) in [6.45, 7) is 3.05. The maximum atomic E-state index is 12.8. The van der Waals surface area contributed by atoms with Crippen LogP contribution in [0.2, 0.25) is 5.02 Å². The van der Waals surface area contributed by atoms with E-state index in [9.17, 15) is 9.59 Å². The van der Waals surface area contributed by atoms with Crippen molar-refractivity contribution < 1.29 is 19.4 Å². The first-order valence-electron chi connectivity index (χ1n) is 8.96. The van der Waals surface area contributed by atoms with Gasteiger partial charge in [0.25, 0.3) is 5.91 Å². The zero-order valence-electron chi connectivity index (χ0n) is 14.5. The van der Waals surface area contributed by atoms with Crippen LogP contribution in [0.25, 0.3) is 0 Å². The van der Waals surface area contributed by atoms with Gasteiger partial charge in [-0.15, -0.1) is 0 Å². The van der Waals surface area contributed by atoms with Gasteiger partial charge in [-0.1, -0.05) is 31.4 Å². The molecule has 0 saturated heterocycles. The topological polar surface area (TPSA) is 66.8 Å². The van der Waals surface area contributed by atoms with E-state index < -0.39 is 5.97 Å². The fraction of sp³-hybridized carbons (Fsp3) is 0.579. The zero-order chi connectivity index (χ0) is 18.0. The molecule has 1 aromatic rings. The van der Waals surface area contributed by atoms with Gasteiger partial charge in [0.1, 0.15) is 5.75 Å². The second-order valence-electron chi connectivity index (χ2n) is 7.01. The predicted octanol–water partition coefficient (Wildman–Crippen LogP) is 4.12. The highest BCUT2D eigenvalue weighted by molar-refractivity contribution is 6.33. The van der Waals surface area contributed by atoms with Crippen molar-refractivity contribution >= 4 is 23.5 Å². The predicted molar refractivity (Wildman–Crippen MR) is 95.1 cm³/mol. The molecule has 2 aliphatic rings. The minimum atomic E-state index is -0.841. The molecule has 1 aliphatic carbocycles. The molecular formula is C19H24ClNO4. The summed E-state index contributed by atoms with van der Waals surface area (Å²) in [7, 11) is 0. The van der Waals surface area contributed by atoms with Gasteiger partial charge in [0.2, 0.25) is 0 Å². The number of carbonyl (C=O) groups excluding carboxylic acids is 1. The number of hydrogen-bond donors (Lipinski definition) is 1. The van der Waals surface area contributed by atoms with E-state index in [1.54, 1.807) is 12.1 Å². The SMILES string of the molecule is C[C@@H]1CCCC[C@H]1N1Cc2c(ccc(OCCCC(=O)O)c2Cl)C1=O. The molecule has 25 heavy (non-hydrogen) atoms. The number of carbonyl (C=O) groups is 2. The normalized spacial score (nSPS) is 22.8. The number of fused-ring (bicyclic) bond motifs is 1. The first-order chi connectivity index (χ1) is 12.0. The smallest absolute Gasteiger partial charge is 0.303 e. The first kappa shape index (κ1) is 18.1. The minimum Gasteiger partial charge on any atom is -0.492 e. The highest BCUT2D eigenvalue weighted by Gasteiger charge is 2.37. The van der Waals surface area contributed by atoms with Gasteiger partial charge in [0, 0.05) is 30.1 Å². The van der Waals surface area contributed by atoms with Crippen LogP contribution >= 0.6 is 11.6 Å². The Hall–Kier alpha value is -1.75. The number of carboxylic acid groups (broad SMARTS) is 1. The lowest BCUT2D eigenvalue weighted by Gasteiger charge is -2.36. The number of nitrogens with zero attached hydrogens (tertiary/aromatic N) is 1. The molecule has 0 spiro atoms. The maximum Gasteiger partial charge on any atom is 0.303 e. The first-order valence-corrected chi connectivity index (χ1v) is 9.33. The van der Waals surface area contributed by atoms with Crippen LogP contribution in [0.1, 0.15) is 61.4 Å². The molecule has 0 bridgehead atoms. The third-order valence-electron chi connectivity index (χ3n) is 5.29. The van der Waals surface area contributed by atoms with Crippen molar-refractivity contribution in [3.63, 3.8) is 0 Å². The fourth-order valence-electron chi connectivity index (χ4n) is 3.90. The van der Waals surface area contributed by atoms with Crippen molar-refractivity contribution in [3.05, 3.63) is 28.3 Å². The molecule has 5 nitrogen and oxygen atoms in total. The number of rotatable bonds is 6. The van der Waals surface area contributed by atoms with Gasteiger partial charge in [-0.25, -0.2) is 0 Å². The van der Waals surface area contributed by atoms with Crippen LogP contribution in [0.3, 0.4) is 0 Å². The van der Waals surface area contributed by atoms with E-state index in [0.717, 1.165) is 18.4 Å². The third-order valence-corrected chi connectivity index (χ3v) is 5.70. The van der Waals surface area contributed by atoms with E-state index in [-0.39, 0.29) is 18.4 Å². The lowest BCUT2D eigenvalue weighted by Crippen LogP contribution is -2.41. The summed E-state index contributed by atoms with van der Waals surface area (Å²) in [4.78, 5) is 25.3. The van der Waals surface area contributed by atoms with Gasteiger partial charge in [0.15, 0.2) is 0 Å². The molecule has 1 amide bonds. The van der Waals surface area contributed by atoms with Crippen molar-refractivity contribution in [2.24, 2.45) is 5.92 Å². The minimum absolute atomic E-state index is 0.0630. The molecule has 2 atom stereocenters. The Kier molecular flexibility index (Phi) is 5.52. The van der Waals surface area contributed by atoms with Crippen molar-refractivity contribution in [2.45, 2.75) is 58.0 Å². The molecule has 1 heterocycles. The summed E-state index contributed by atoms with van der Waals surface area (Å²) in [6, 6.07) is 3.78. The van der Waals surface area contributed by atoms with E-state index in [0.29, 0.717) is 41.8 Å². The molecule has 1 aromatic carbocycles.